The molecule has 9 nitrogen and oxygen atoms in total. The number of aromatic nitrogens is 3. The van der Waals surface area contributed by atoms with E-state index in [1.165, 1.54) is 11.8 Å². The van der Waals surface area contributed by atoms with Crippen LogP contribution in [-0.4, -0.2) is 59.5 Å². The highest BCUT2D eigenvalue weighted by Gasteiger charge is 2.19. The lowest BCUT2D eigenvalue weighted by Gasteiger charge is -2.16. The van der Waals surface area contributed by atoms with Crippen LogP contribution in [0.3, 0.4) is 0 Å². The highest BCUT2D eigenvalue weighted by atomic mass is 16.5. The number of amides is 1. The maximum Gasteiger partial charge on any atom is 0.224 e. The maximum atomic E-state index is 12.0. The number of aliphatic hydroxyl groups excluding tert-OH is 1. The number of likely N-dealkylation sites (N-methyl/N-ethyl adjacent to an activating group) is 1. The minimum atomic E-state index is -0.622. The topological polar surface area (TPSA) is 114 Å². The summed E-state index contributed by atoms with van der Waals surface area (Å²) in [6, 6.07) is 9.04. The molecule has 31 heavy (non-hydrogen) atoms. The lowest BCUT2D eigenvalue weighted by molar-refractivity contribution is -0.116. The molecule has 3 aromatic rings. The second kappa shape index (κ2) is 9.67. The van der Waals surface area contributed by atoms with Crippen LogP contribution in [0.5, 0.6) is 5.75 Å². The van der Waals surface area contributed by atoms with Gasteiger partial charge in [-0.3, -0.25) is 4.79 Å². The third-order valence-electron chi connectivity index (χ3n) is 4.79. The van der Waals surface area contributed by atoms with Crippen molar-refractivity contribution < 1.29 is 19.2 Å². The molecule has 0 saturated heterocycles. The molecular weight excluding hydrogens is 398 g/mol. The fourth-order valence-corrected chi connectivity index (χ4v) is 3.09. The molecule has 1 unspecified atom stereocenters. The molecule has 2 N–H and O–H groups in total. The van der Waals surface area contributed by atoms with Gasteiger partial charge in [-0.1, -0.05) is 17.3 Å². The van der Waals surface area contributed by atoms with Gasteiger partial charge in [0.2, 0.25) is 5.91 Å². The lowest BCUT2D eigenvalue weighted by Crippen LogP contribution is -2.29. The quantitative estimate of drug-likeness (QED) is 0.565. The number of ether oxygens (including phenoxy) is 1. The van der Waals surface area contributed by atoms with E-state index in [2.05, 4.69) is 15.5 Å². The molecule has 2 heterocycles. The Morgan fingerprint density at radius 2 is 2.06 bits per heavy atom. The van der Waals surface area contributed by atoms with E-state index in [-0.39, 0.29) is 12.5 Å². The van der Waals surface area contributed by atoms with Crippen LogP contribution in [0.4, 0.5) is 5.82 Å². The van der Waals surface area contributed by atoms with Crippen LogP contribution in [0.25, 0.3) is 22.6 Å². The number of nitrogens with one attached hydrogen (secondary N) is 1. The molecule has 0 saturated carbocycles. The van der Waals surface area contributed by atoms with Gasteiger partial charge in [0.15, 0.2) is 5.82 Å². The van der Waals surface area contributed by atoms with Gasteiger partial charge in [-0.25, -0.2) is 9.97 Å². The average Bonchev–Trinajstić information content (AvgIpc) is 3.09. The SMILES string of the molecule is CNCC(O)COc1cccc(-c2nc(-c3c(C)noc3C)cc(N(C)C(C)=O)n2)c1. The fourth-order valence-electron chi connectivity index (χ4n) is 3.09. The highest BCUT2D eigenvalue weighted by Crippen LogP contribution is 2.31. The number of anilines is 1. The van der Waals surface area contributed by atoms with E-state index in [0.29, 0.717) is 46.6 Å². The molecule has 3 rings (SSSR count). The number of rotatable bonds is 8. The number of aryl methyl sites for hydroxylation is 2. The standard InChI is InChI=1S/C22H27N5O4/c1-13-21(14(2)31-26-13)19-10-20(27(5)15(3)28)25-22(24-19)16-7-6-8-18(9-16)30-12-17(29)11-23-4/h6-10,17,23,29H,11-12H2,1-5H3. The van der Waals surface area contributed by atoms with E-state index in [1.807, 2.05) is 26.0 Å². The van der Waals surface area contributed by atoms with E-state index in [4.69, 9.17) is 14.2 Å². The summed E-state index contributed by atoms with van der Waals surface area (Å²) in [4.78, 5) is 22.7. The monoisotopic (exact) mass is 425 g/mol. The first kappa shape index (κ1) is 22.4. The van der Waals surface area contributed by atoms with Crippen LogP contribution in [-0.2, 0) is 4.79 Å². The molecule has 0 bridgehead atoms. The zero-order valence-corrected chi connectivity index (χ0v) is 18.3. The zero-order valence-electron chi connectivity index (χ0n) is 18.3. The van der Waals surface area contributed by atoms with E-state index in [0.717, 1.165) is 5.56 Å². The van der Waals surface area contributed by atoms with Crippen LogP contribution in [0.1, 0.15) is 18.4 Å². The van der Waals surface area contributed by atoms with E-state index in [9.17, 15) is 9.90 Å². The number of benzene rings is 1. The molecule has 0 aliphatic carbocycles. The van der Waals surface area contributed by atoms with Crippen molar-refractivity contribution in [3.05, 3.63) is 41.8 Å². The predicted octanol–water partition coefficient (Wildman–Crippen LogP) is 2.36. The Morgan fingerprint density at radius 1 is 1.29 bits per heavy atom. The molecule has 164 valence electrons. The first-order chi connectivity index (χ1) is 14.8. The third kappa shape index (κ3) is 5.25. The van der Waals surface area contributed by atoms with Gasteiger partial charge in [0.1, 0.15) is 30.0 Å². The third-order valence-corrected chi connectivity index (χ3v) is 4.79. The second-order valence-corrected chi connectivity index (χ2v) is 7.26. The average molecular weight is 425 g/mol. The number of nitrogens with zero attached hydrogens (tertiary/aromatic N) is 4. The van der Waals surface area contributed by atoms with Crippen molar-refractivity contribution >= 4 is 11.7 Å². The van der Waals surface area contributed by atoms with Gasteiger partial charge in [-0.05, 0) is 33.0 Å². The molecular formula is C22H27N5O4. The van der Waals surface area contributed by atoms with Gasteiger partial charge in [0, 0.05) is 32.1 Å². The summed E-state index contributed by atoms with van der Waals surface area (Å²) in [5.41, 5.74) is 2.80. The number of hydrogen-bond acceptors (Lipinski definition) is 8. The molecule has 0 radical (unpaired) electrons. The van der Waals surface area contributed by atoms with Crippen molar-refractivity contribution in [1.29, 1.82) is 0 Å². The Morgan fingerprint density at radius 3 is 2.71 bits per heavy atom. The fraction of sp³-hybridized carbons (Fsp3) is 0.364. The van der Waals surface area contributed by atoms with Crippen LogP contribution >= 0.6 is 0 Å². The largest absolute Gasteiger partial charge is 0.491 e. The lowest BCUT2D eigenvalue weighted by atomic mass is 10.1. The molecule has 0 fully saturated rings. The summed E-state index contributed by atoms with van der Waals surface area (Å²) in [7, 11) is 3.43. The Bertz CT molecular complexity index is 1050. The first-order valence-corrected chi connectivity index (χ1v) is 9.92. The number of hydrogen-bond donors (Lipinski definition) is 2. The minimum Gasteiger partial charge on any atom is -0.491 e. The van der Waals surface area contributed by atoms with Gasteiger partial charge in [-0.15, -0.1) is 0 Å². The van der Waals surface area contributed by atoms with E-state index >= 15 is 0 Å². The van der Waals surface area contributed by atoms with Crippen LogP contribution < -0.4 is 15.0 Å². The zero-order chi connectivity index (χ0) is 22.5. The molecule has 0 aliphatic rings. The van der Waals surface area contributed by atoms with Crippen molar-refractivity contribution in [2.75, 3.05) is 32.1 Å². The number of carbonyl (C=O) groups is 1. The maximum absolute atomic E-state index is 12.0. The molecule has 1 amide bonds. The molecule has 9 heteroatoms. The Balaban J connectivity index is 2.02. The number of carbonyl (C=O) groups excluding carboxylic acids is 1. The predicted molar refractivity (Wildman–Crippen MR) is 117 cm³/mol. The Hall–Kier alpha value is -3.30. The van der Waals surface area contributed by atoms with Crippen molar-refractivity contribution in [1.82, 2.24) is 20.4 Å². The van der Waals surface area contributed by atoms with Crippen LogP contribution in [0, 0.1) is 13.8 Å². The molecule has 1 atom stereocenters. The summed E-state index contributed by atoms with van der Waals surface area (Å²) >= 11 is 0. The van der Waals surface area contributed by atoms with Crippen LogP contribution in [0.15, 0.2) is 34.9 Å². The summed E-state index contributed by atoms with van der Waals surface area (Å²) in [6.45, 7) is 5.72. The van der Waals surface area contributed by atoms with Crippen molar-refractivity contribution in [3.63, 3.8) is 0 Å². The molecule has 0 spiro atoms. The van der Waals surface area contributed by atoms with Crippen LogP contribution in [0.2, 0.25) is 0 Å². The van der Waals surface area contributed by atoms with Gasteiger partial charge >= 0.3 is 0 Å². The molecule has 2 aromatic heterocycles. The minimum absolute atomic E-state index is 0.148. The normalized spacial score (nSPS) is 11.9. The van der Waals surface area contributed by atoms with Crippen molar-refractivity contribution in [2.45, 2.75) is 26.9 Å². The van der Waals surface area contributed by atoms with Gasteiger partial charge in [0.05, 0.1) is 17.0 Å². The Labute approximate surface area is 181 Å². The summed E-state index contributed by atoms with van der Waals surface area (Å²) in [6.07, 6.45) is -0.622. The van der Waals surface area contributed by atoms with Crippen molar-refractivity contribution in [2.24, 2.45) is 0 Å². The van der Waals surface area contributed by atoms with Gasteiger partial charge < -0.3 is 24.6 Å². The van der Waals surface area contributed by atoms with E-state index in [1.54, 1.807) is 32.3 Å². The summed E-state index contributed by atoms with van der Waals surface area (Å²) in [5.74, 6) is 1.96. The van der Waals surface area contributed by atoms with Gasteiger partial charge in [0.25, 0.3) is 0 Å². The smallest absolute Gasteiger partial charge is 0.224 e. The highest BCUT2D eigenvalue weighted by molar-refractivity contribution is 5.90. The molecule has 1 aromatic carbocycles. The first-order valence-electron chi connectivity index (χ1n) is 9.92. The summed E-state index contributed by atoms with van der Waals surface area (Å²) in [5, 5.41) is 16.8. The number of aliphatic hydroxyl groups is 1. The van der Waals surface area contributed by atoms with Crippen molar-refractivity contribution in [3.8, 4) is 28.4 Å². The Kier molecular flexibility index (Phi) is 6.98. The van der Waals surface area contributed by atoms with Gasteiger partial charge in [-0.2, -0.15) is 0 Å². The molecule has 0 aliphatic heterocycles. The summed E-state index contributed by atoms with van der Waals surface area (Å²) < 4.78 is 11.0. The second-order valence-electron chi connectivity index (χ2n) is 7.26. The van der Waals surface area contributed by atoms with E-state index < -0.39 is 6.10 Å².